The molecule has 0 heterocycles. The molecule has 0 aliphatic heterocycles. The standard InChI is InChI=1S/C7H7FOSi/c8-5-6-3-1-2-4-7(6)10-9/h1-4,9H,5H2. The van der Waals surface area contributed by atoms with Crippen molar-refractivity contribution in [1.29, 1.82) is 0 Å². The molecular formula is C7H7FOSi. The Labute approximate surface area is 61.5 Å². The second-order valence-corrected chi connectivity index (χ2v) is 2.66. The Morgan fingerprint density at radius 1 is 1.40 bits per heavy atom. The van der Waals surface area contributed by atoms with E-state index in [9.17, 15) is 4.39 Å². The summed E-state index contributed by atoms with van der Waals surface area (Å²) >= 11 is 0. The minimum atomic E-state index is -0.496. The fraction of sp³-hybridized carbons (Fsp3) is 0.143. The number of rotatable bonds is 2. The third kappa shape index (κ3) is 1.43. The monoisotopic (exact) mass is 154 g/mol. The number of hydrogen-bond acceptors (Lipinski definition) is 1. The molecule has 1 aromatic rings. The Balaban J connectivity index is 2.96. The predicted molar refractivity (Wildman–Crippen MR) is 38.9 cm³/mol. The zero-order valence-electron chi connectivity index (χ0n) is 5.34. The summed E-state index contributed by atoms with van der Waals surface area (Å²) < 4.78 is 12.1. The molecule has 0 spiro atoms. The maximum Gasteiger partial charge on any atom is 0.265 e. The largest absolute Gasteiger partial charge is 0.428 e. The highest BCUT2D eigenvalue weighted by Crippen LogP contribution is 1.96. The van der Waals surface area contributed by atoms with Crippen LogP contribution in [-0.4, -0.2) is 14.6 Å². The van der Waals surface area contributed by atoms with Crippen LogP contribution in [0.25, 0.3) is 0 Å². The van der Waals surface area contributed by atoms with Crippen LogP contribution in [0.5, 0.6) is 0 Å². The summed E-state index contributed by atoms with van der Waals surface area (Å²) in [5.41, 5.74) is 0.586. The van der Waals surface area contributed by atoms with E-state index in [0.717, 1.165) is 0 Å². The lowest BCUT2D eigenvalue weighted by Gasteiger charge is -1.98. The van der Waals surface area contributed by atoms with Crippen LogP contribution >= 0.6 is 0 Å². The van der Waals surface area contributed by atoms with Crippen LogP contribution in [0, 0.1) is 0 Å². The van der Waals surface area contributed by atoms with Gasteiger partial charge in [0.15, 0.2) is 0 Å². The fourth-order valence-electron chi connectivity index (χ4n) is 0.746. The summed E-state index contributed by atoms with van der Waals surface area (Å²) in [4.78, 5) is 8.71. The summed E-state index contributed by atoms with van der Waals surface area (Å²) in [5.74, 6) is 0. The SMILES string of the molecule is O[Si]c1ccccc1CF. The number of halogens is 1. The molecular weight excluding hydrogens is 147 g/mol. The molecule has 3 heteroatoms. The molecule has 0 saturated carbocycles. The maximum atomic E-state index is 12.1. The number of hydrogen-bond donors (Lipinski definition) is 1. The molecule has 1 rings (SSSR count). The fourth-order valence-corrected chi connectivity index (χ4v) is 1.21. The third-order valence-corrected chi connectivity index (χ3v) is 2.01. The van der Waals surface area contributed by atoms with Gasteiger partial charge in [-0.15, -0.1) is 0 Å². The van der Waals surface area contributed by atoms with Gasteiger partial charge >= 0.3 is 0 Å². The highest BCUT2D eigenvalue weighted by Gasteiger charge is 1.98. The van der Waals surface area contributed by atoms with Crippen molar-refractivity contribution in [2.75, 3.05) is 0 Å². The van der Waals surface area contributed by atoms with E-state index in [2.05, 4.69) is 0 Å². The van der Waals surface area contributed by atoms with E-state index < -0.39 is 6.67 Å². The lowest BCUT2D eigenvalue weighted by atomic mass is 10.2. The van der Waals surface area contributed by atoms with E-state index in [1.54, 1.807) is 24.3 Å². The maximum absolute atomic E-state index is 12.1. The summed E-state index contributed by atoms with van der Waals surface area (Å²) in [6.07, 6.45) is 0. The first-order valence-electron chi connectivity index (χ1n) is 2.92. The van der Waals surface area contributed by atoms with Crippen LogP contribution in [-0.2, 0) is 6.67 Å². The van der Waals surface area contributed by atoms with Gasteiger partial charge in [-0.2, -0.15) is 0 Å². The van der Waals surface area contributed by atoms with Gasteiger partial charge in [0.25, 0.3) is 9.76 Å². The first-order valence-corrected chi connectivity index (χ1v) is 3.87. The van der Waals surface area contributed by atoms with E-state index in [1.807, 2.05) is 0 Å². The van der Waals surface area contributed by atoms with Gasteiger partial charge in [-0.3, -0.25) is 0 Å². The molecule has 1 nitrogen and oxygen atoms in total. The van der Waals surface area contributed by atoms with E-state index in [0.29, 0.717) is 10.8 Å². The van der Waals surface area contributed by atoms with Crippen molar-refractivity contribution in [3.63, 3.8) is 0 Å². The molecule has 0 fully saturated rings. The van der Waals surface area contributed by atoms with Crippen molar-refractivity contribution in [3.8, 4) is 0 Å². The number of alkyl halides is 1. The van der Waals surface area contributed by atoms with Gasteiger partial charge in [-0.1, -0.05) is 24.3 Å². The van der Waals surface area contributed by atoms with Gasteiger partial charge in [0.05, 0.1) is 0 Å². The molecule has 0 unspecified atom stereocenters. The van der Waals surface area contributed by atoms with E-state index in [1.165, 1.54) is 0 Å². The molecule has 10 heavy (non-hydrogen) atoms. The first-order chi connectivity index (χ1) is 4.88. The minimum Gasteiger partial charge on any atom is -0.428 e. The average molecular weight is 154 g/mol. The Morgan fingerprint density at radius 2 is 2.10 bits per heavy atom. The lowest BCUT2D eigenvalue weighted by molar-refractivity contribution is 0.486. The molecule has 0 aliphatic carbocycles. The Bertz CT molecular complexity index is 192. The van der Waals surface area contributed by atoms with Crippen LogP contribution < -0.4 is 5.19 Å². The van der Waals surface area contributed by atoms with Crippen molar-refractivity contribution in [2.45, 2.75) is 6.67 Å². The average Bonchev–Trinajstić information content (AvgIpc) is 2.04. The summed E-state index contributed by atoms with van der Waals surface area (Å²) in [7, 11) is -0.304. The zero-order valence-corrected chi connectivity index (χ0v) is 6.34. The van der Waals surface area contributed by atoms with Crippen molar-refractivity contribution < 1.29 is 9.19 Å². The highest BCUT2D eigenvalue weighted by molar-refractivity contribution is 6.46. The van der Waals surface area contributed by atoms with E-state index in [-0.39, 0.29) is 9.76 Å². The summed E-state index contributed by atoms with van der Waals surface area (Å²) in [6, 6.07) is 6.96. The van der Waals surface area contributed by atoms with Gasteiger partial charge in [-0.05, 0) is 10.8 Å². The van der Waals surface area contributed by atoms with Gasteiger partial charge in [-0.25, -0.2) is 4.39 Å². The molecule has 0 amide bonds. The molecule has 52 valence electrons. The van der Waals surface area contributed by atoms with Crippen molar-refractivity contribution >= 4 is 14.9 Å². The van der Waals surface area contributed by atoms with Gasteiger partial charge in [0.1, 0.15) is 6.67 Å². The molecule has 0 saturated heterocycles. The van der Waals surface area contributed by atoms with Crippen molar-refractivity contribution in [3.05, 3.63) is 29.8 Å². The van der Waals surface area contributed by atoms with Crippen LogP contribution in [0.4, 0.5) is 4.39 Å². The zero-order chi connectivity index (χ0) is 7.40. The third-order valence-electron chi connectivity index (χ3n) is 1.28. The molecule has 1 N–H and O–H groups in total. The molecule has 2 radical (unpaired) electrons. The molecule has 0 bridgehead atoms. The molecule has 1 aromatic carbocycles. The second-order valence-electron chi connectivity index (χ2n) is 1.90. The van der Waals surface area contributed by atoms with E-state index in [4.69, 9.17) is 4.80 Å². The Hall–Kier alpha value is -0.673. The van der Waals surface area contributed by atoms with Crippen LogP contribution in [0.2, 0.25) is 0 Å². The molecule has 0 atom stereocenters. The first kappa shape index (κ1) is 7.43. The predicted octanol–water partition coefficient (Wildman–Crippen LogP) is 0.393. The Morgan fingerprint density at radius 3 is 2.60 bits per heavy atom. The van der Waals surface area contributed by atoms with Crippen molar-refractivity contribution in [2.24, 2.45) is 0 Å². The second kappa shape index (κ2) is 3.48. The molecule has 0 aromatic heterocycles. The van der Waals surface area contributed by atoms with Gasteiger partial charge < -0.3 is 4.80 Å². The smallest absolute Gasteiger partial charge is 0.265 e. The van der Waals surface area contributed by atoms with Gasteiger partial charge in [0.2, 0.25) is 0 Å². The van der Waals surface area contributed by atoms with Crippen molar-refractivity contribution in [1.82, 2.24) is 0 Å². The molecule has 0 aliphatic rings. The number of benzene rings is 1. The quantitative estimate of drug-likeness (QED) is 0.611. The van der Waals surface area contributed by atoms with Crippen LogP contribution in [0.3, 0.4) is 0 Å². The lowest BCUT2D eigenvalue weighted by Crippen LogP contribution is -2.17. The van der Waals surface area contributed by atoms with Crippen LogP contribution in [0.1, 0.15) is 5.56 Å². The topological polar surface area (TPSA) is 20.2 Å². The highest BCUT2D eigenvalue weighted by atomic mass is 28.2. The van der Waals surface area contributed by atoms with E-state index >= 15 is 0 Å². The summed E-state index contributed by atoms with van der Waals surface area (Å²) in [6.45, 7) is -0.496. The summed E-state index contributed by atoms with van der Waals surface area (Å²) in [5, 5.41) is 0.699. The van der Waals surface area contributed by atoms with Crippen LogP contribution in [0.15, 0.2) is 24.3 Å². The normalized spacial score (nSPS) is 9.80. The minimum absolute atomic E-state index is 0.304. The Kier molecular flexibility index (Phi) is 2.59. The van der Waals surface area contributed by atoms with Gasteiger partial charge in [0, 0.05) is 0 Å².